The fourth-order valence-electron chi connectivity index (χ4n) is 6.45. The van der Waals surface area contributed by atoms with Gasteiger partial charge in [0.25, 0.3) is 0 Å². The van der Waals surface area contributed by atoms with E-state index in [1.165, 1.54) is 47.5 Å². The number of nitrogens with one attached hydrogen (secondary N) is 1. The second-order valence-electron chi connectivity index (χ2n) is 10.9. The van der Waals surface area contributed by atoms with E-state index < -0.39 is 10.0 Å². The Balaban J connectivity index is 1.35. The molecule has 2 aliphatic rings. The van der Waals surface area contributed by atoms with Gasteiger partial charge in [-0.1, -0.05) is 48.9 Å². The predicted molar refractivity (Wildman–Crippen MR) is 153 cm³/mol. The zero-order valence-corrected chi connectivity index (χ0v) is 23.1. The van der Waals surface area contributed by atoms with Crippen molar-refractivity contribution in [2.24, 2.45) is 0 Å². The Labute approximate surface area is 221 Å². The predicted octanol–water partition coefficient (Wildman–Crippen LogP) is 5.38. The molecule has 1 heterocycles. The molecule has 2 atom stereocenters. The van der Waals surface area contributed by atoms with Gasteiger partial charge in [0, 0.05) is 50.6 Å². The van der Waals surface area contributed by atoms with Crippen molar-refractivity contribution in [2.75, 3.05) is 49.7 Å². The highest BCUT2D eigenvalue weighted by atomic mass is 32.2. The second-order valence-corrected chi connectivity index (χ2v) is 12.8. The van der Waals surface area contributed by atoms with E-state index in [0.717, 1.165) is 32.4 Å². The molecule has 1 saturated heterocycles. The Bertz CT molecular complexity index is 1360. The second kappa shape index (κ2) is 10.6. The van der Waals surface area contributed by atoms with Crippen LogP contribution in [0.2, 0.25) is 0 Å². The lowest BCUT2D eigenvalue weighted by atomic mass is 9.63. The van der Waals surface area contributed by atoms with Crippen LogP contribution < -0.4 is 9.62 Å². The Morgan fingerprint density at radius 2 is 1.86 bits per heavy atom. The fraction of sp³-hybridized carbons (Fsp3) is 0.467. The quantitative estimate of drug-likeness (QED) is 0.410. The molecule has 0 aromatic heterocycles. The minimum absolute atomic E-state index is 0.0416. The Kier molecular flexibility index (Phi) is 7.48. The lowest BCUT2D eigenvalue weighted by Gasteiger charge is -2.51. The van der Waals surface area contributed by atoms with E-state index in [-0.39, 0.29) is 17.8 Å². The van der Waals surface area contributed by atoms with Crippen molar-refractivity contribution in [1.82, 2.24) is 4.90 Å². The first-order valence-electron chi connectivity index (χ1n) is 13.3. The first-order chi connectivity index (χ1) is 17.8. The molecular weight excluding hydrogens is 482 g/mol. The summed E-state index contributed by atoms with van der Waals surface area (Å²) in [5.41, 5.74) is 4.69. The van der Waals surface area contributed by atoms with Crippen molar-refractivity contribution in [1.29, 1.82) is 0 Å². The summed E-state index contributed by atoms with van der Waals surface area (Å²) in [6.45, 7) is 2.20. The van der Waals surface area contributed by atoms with E-state index in [9.17, 15) is 8.42 Å². The fourth-order valence-corrected chi connectivity index (χ4v) is 7.43. The third-order valence-corrected chi connectivity index (χ3v) is 9.61. The summed E-state index contributed by atoms with van der Waals surface area (Å²) in [4.78, 5) is 4.88. The third kappa shape index (κ3) is 5.49. The highest BCUT2D eigenvalue weighted by molar-refractivity contribution is 7.92. The van der Waals surface area contributed by atoms with Gasteiger partial charge in [-0.25, -0.2) is 8.42 Å². The number of piperidine rings is 1. The molecule has 0 spiro atoms. The molecule has 2 bridgehead atoms. The molecule has 198 valence electrons. The van der Waals surface area contributed by atoms with E-state index in [1.807, 2.05) is 12.1 Å². The molecule has 0 amide bonds. The number of likely N-dealkylation sites (tertiary alicyclic amines) is 1. The number of methoxy groups -OCH3 is 1. The molecule has 37 heavy (non-hydrogen) atoms. The minimum Gasteiger partial charge on any atom is -0.384 e. The van der Waals surface area contributed by atoms with Crippen LogP contribution in [-0.4, -0.2) is 59.5 Å². The third-order valence-electron chi connectivity index (χ3n) is 8.36. The largest absolute Gasteiger partial charge is 0.384 e. The number of fused-ring (bicyclic) bond motifs is 3. The number of nitrogens with zero attached hydrogens (tertiary/aromatic N) is 2. The van der Waals surface area contributed by atoms with Crippen LogP contribution in [0.1, 0.15) is 43.2 Å². The van der Waals surface area contributed by atoms with Crippen LogP contribution in [0.5, 0.6) is 0 Å². The first kappa shape index (κ1) is 26.0. The number of hydrogen-bond donors (Lipinski definition) is 1. The van der Waals surface area contributed by atoms with Gasteiger partial charge in [0.2, 0.25) is 10.0 Å². The van der Waals surface area contributed by atoms with Crippen LogP contribution in [0, 0.1) is 0 Å². The monoisotopic (exact) mass is 521 g/mol. The molecule has 1 aliphatic carbocycles. The van der Waals surface area contributed by atoms with Gasteiger partial charge >= 0.3 is 0 Å². The summed E-state index contributed by atoms with van der Waals surface area (Å²) in [6, 6.07) is 22.0. The van der Waals surface area contributed by atoms with E-state index in [1.54, 1.807) is 0 Å². The summed E-state index contributed by atoms with van der Waals surface area (Å²) in [5, 5.41) is 2.65. The average Bonchev–Trinajstić information content (AvgIpc) is 2.89. The maximum atomic E-state index is 12.4. The topological polar surface area (TPSA) is 61.9 Å². The lowest BCUT2D eigenvalue weighted by Crippen LogP contribution is -2.51. The molecule has 3 aromatic carbocycles. The van der Waals surface area contributed by atoms with Gasteiger partial charge in [0.15, 0.2) is 0 Å². The van der Waals surface area contributed by atoms with Crippen LogP contribution in [0.3, 0.4) is 0 Å². The highest BCUT2D eigenvalue weighted by Crippen LogP contribution is 2.48. The lowest BCUT2D eigenvalue weighted by molar-refractivity contribution is 0.0462. The minimum atomic E-state index is -3.42. The number of rotatable bonds is 9. The summed E-state index contributed by atoms with van der Waals surface area (Å²) in [5.74, 6) is -0.0416. The summed E-state index contributed by atoms with van der Waals surface area (Å²) in [6.07, 6.45) is 5.81. The van der Waals surface area contributed by atoms with Gasteiger partial charge in [-0.2, -0.15) is 0 Å². The van der Waals surface area contributed by atoms with Crippen LogP contribution in [0.4, 0.5) is 11.4 Å². The van der Waals surface area contributed by atoms with Gasteiger partial charge in [0.05, 0.1) is 12.4 Å². The maximum absolute atomic E-state index is 12.4. The van der Waals surface area contributed by atoms with Crippen LogP contribution in [0.15, 0.2) is 60.7 Å². The summed E-state index contributed by atoms with van der Waals surface area (Å²) < 4.78 is 32.6. The normalized spacial score (nSPS) is 22.2. The molecule has 0 radical (unpaired) electrons. The number of hydrogen-bond acceptors (Lipinski definition) is 5. The summed E-state index contributed by atoms with van der Waals surface area (Å²) >= 11 is 0. The van der Waals surface area contributed by atoms with Gasteiger partial charge in [0.1, 0.15) is 0 Å². The van der Waals surface area contributed by atoms with E-state index in [2.05, 4.69) is 77.1 Å². The van der Waals surface area contributed by atoms with Gasteiger partial charge in [-0.15, -0.1) is 0 Å². The van der Waals surface area contributed by atoms with Crippen LogP contribution in [-0.2, 0) is 26.7 Å². The number of ether oxygens (including phenoxy) is 1. The van der Waals surface area contributed by atoms with E-state index in [4.69, 9.17) is 4.74 Å². The highest BCUT2D eigenvalue weighted by Gasteiger charge is 2.43. The van der Waals surface area contributed by atoms with Crippen molar-refractivity contribution in [3.05, 3.63) is 71.8 Å². The van der Waals surface area contributed by atoms with Gasteiger partial charge < -0.3 is 9.64 Å². The molecule has 2 fully saturated rings. The standard InChI is InChI=1S/C30H39N3O3S/c1-32(2)29-14-13-23(27-11-4-5-12-28(27)29)22-33-17-16-30(15-7-10-26(33)21-30)24-8-6-9-25(20-24)31-37(34,35)19-18-36-3/h4-6,8-9,11-14,20,26,31H,7,10,15-19,21-22H2,1-3H3. The van der Waals surface area contributed by atoms with Crippen molar-refractivity contribution in [3.8, 4) is 0 Å². The Morgan fingerprint density at radius 1 is 1.05 bits per heavy atom. The molecule has 1 N–H and O–H groups in total. The van der Waals surface area contributed by atoms with Crippen LogP contribution >= 0.6 is 0 Å². The zero-order chi connectivity index (χ0) is 26.0. The molecule has 1 saturated carbocycles. The molecule has 5 rings (SSSR count). The van der Waals surface area contributed by atoms with Gasteiger partial charge in [-0.05, 0) is 72.4 Å². The van der Waals surface area contributed by atoms with Crippen molar-refractivity contribution < 1.29 is 13.2 Å². The smallest absolute Gasteiger partial charge is 0.234 e. The molecule has 2 unspecified atom stereocenters. The maximum Gasteiger partial charge on any atom is 0.234 e. The zero-order valence-electron chi connectivity index (χ0n) is 22.2. The van der Waals surface area contributed by atoms with Crippen molar-refractivity contribution >= 4 is 32.2 Å². The summed E-state index contributed by atoms with van der Waals surface area (Å²) in [7, 11) is 2.30. The average molecular weight is 522 g/mol. The van der Waals surface area contributed by atoms with Gasteiger partial charge in [-0.3, -0.25) is 9.62 Å². The van der Waals surface area contributed by atoms with Crippen molar-refractivity contribution in [3.63, 3.8) is 0 Å². The van der Waals surface area contributed by atoms with E-state index in [0.29, 0.717) is 11.7 Å². The molecular formula is C30H39N3O3S. The first-order valence-corrected chi connectivity index (χ1v) is 15.0. The Morgan fingerprint density at radius 3 is 2.65 bits per heavy atom. The SMILES string of the molecule is COCCS(=O)(=O)Nc1cccc(C23CCCC(C2)N(Cc2ccc(N(C)C)c4ccccc24)CC3)c1. The number of anilines is 2. The molecule has 6 nitrogen and oxygen atoms in total. The van der Waals surface area contributed by atoms with Crippen molar-refractivity contribution in [2.45, 2.75) is 50.1 Å². The number of sulfonamides is 1. The molecule has 3 aromatic rings. The number of benzene rings is 3. The van der Waals surface area contributed by atoms with Crippen LogP contribution in [0.25, 0.3) is 10.8 Å². The Hall–Kier alpha value is -2.61. The van der Waals surface area contributed by atoms with E-state index >= 15 is 0 Å². The molecule has 7 heteroatoms. The molecule has 1 aliphatic heterocycles.